The highest BCUT2D eigenvalue weighted by Gasteiger charge is 2.14. The van der Waals surface area contributed by atoms with Crippen LogP contribution >= 0.6 is 0 Å². The lowest BCUT2D eigenvalue weighted by Crippen LogP contribution is -2.12. The fourth-order valence-corrected chi connectivity index (χ4v) is 1.67. The molecule has 0 radical (unpaired) electrons. The van der Waals surface area contributed by atoms with Gasteiger partial charge in [0.1, 0.15) is 0 Å². The summed E-state index contributed by atoms with van der Waals surface area (Å²) in [6, 6.07) is 8.95. The maximum absolute atomic E-state index is 13.7. The van der Waals surface area contributed by atoms with Crippen molar-refractivity contribution in [2.45, 2.75) is 6.92 Å². The third-order valence-electron chi connectivity index (χ3n) is 2.68. The van der Waals surface area contributed by atoms with E-state index < -0.39 is 17.5 Å². The van der Waals surface area contributed by atoms with Gasteiger partial charge in [0.2, 0.25) is 5.91 Å². The maximum atomic E-state index is 13.7. The van der Waals surface area contributed by atoms with E-state index in [0.29, 0.717) is 5.56 Å². The maximum Gasteiger partial charge on any atom is 0.248 e. The quantitative estimate of drug-likeness (QED) is 0.870. The molecule has 0 aliphatic rings. The van der Waals surface area contributed by atoms with Gasteiger partial charge in [-0.05, 0) is 24.6 Å². The number of nitrogens with two attached hydrogens (primary N) is 1. The van der Waals surface area contributed by atoms with E-state index in [4.69, 9.17) is 5.73 Å². The predicted octanol–water partition coefficient (Wildman–Crippen LogP) is 3.04. The molecule has 92 valence electrons. The summed E-state index contributed by atoms with van der Waals surface area (Å²) in [7, 11) is 0. The van der Waals surface area contributed by atoms with Crippen LogP contribution in [0, 0.1) is 18.6 Å². The molecule has 1 amide bonds. The first kappa shape index (κ1) is 12.2. The van der Waals surface area contributed by atoms with Gasteiger partial charge < -0.3 is 5.73 Å². The standard InChI is InChI=1S/C14H11F2NO/c1-8-2-4-9(5-3-8)11-6-10(14(17)18)7-12(15)13(11)16/h2-7H,1H3,(H2,17,18). The van der Waals surface area contributed by atoms with Crippen molar-refractivity contribution >= 4 is 5.91 Å². The number of hydrogen-bond acceptors (Lipinski definition) is 1. The van der Waals surface area contributed by atoms with Gasteiger partial charge in [-0.2, -0.15) is 0 Å². The normalized spacial score (nSPS) is 10.4. The summed E-state index contributed by atoms with van der Waals surface area (Å²) in [4.78, 5) is 11.0. The first-order valence-electron chi connectivity index (χ1n) is 5.35. The highest BCUT2D eigenvalue weighted by atomic mass is 19.2. The summed E-state index contributed by atoms with van der Waals surface area (Å²) in [5.41, 5.74) is 6.56. The molecule has 0 unspecified atom stereocenters. The lowest BCUT2D eigenvalue weighted by Gasteiger charge is -2.07. The summed E-state index contributed by atoms with van der Waals surface area (Å²) >= 11 is 0. The third-order valence-corrected chi connectivity index (χ3v) is 2.68. The fourth-order valence-electron chi connectivity index (χ4n) is 1.67. The smallest absolute Gasteiger partial charge is 0.248 e. The van der Waals surface area contributed by atoms with Crippen LogP contribution in [0.2, 0.25) is 0 Å². The largest absolute Gasteiger partial charge is 0.366 e. The average Bonchev–Trinajstić information content (AvgIpc) is 2.33. The van der Waals surface area contributed by atoms with E-state index in [1.165, 1.54) is 6.07 Å². The molecule has 18 heavy (non-hydrogen) atoms. The Balaban J connectivity index is 2.62. The third kappa shape index (κ3) is 2.22. The molecule has 0 aliphatic carbocycles. The van der Waals surface area contributed by atoms with Crippen molar-refractivity contribution in [1.29, 1.82) is 0 Å². The highest BCUT2D eigenvalue weighted by molar-refractivity contribution is 5.94. The average molecular weight is 247 g/mol. The highest BCUT2D eigenvalue weighted by Crippen LogP contribution is 2.26. The molecular formula is C14H11F2NO. The number of amides is 1. The summed E-state index contributed by atoms with van der Waals surface area (Å²) in [5, 5.41) is 0. The van der Waals surface area contributed by atoms with Crippen LogP contribution in [0.5, 0.6) is 0 Å². The van der Waals surface area contributed by atoms with Gasteiger partial charge in [0.25, 0.3) is 0 Å². The molecule has 0 saturated carbocycles. The molecule has 4 heteroatoms. The van der Waals surface area contributed by atoms with Crippen LogP contribution in [0.4, 0.5) is 8.78 Å². The Hall–Kier alpha value is -2.23. The number of rotatable bonds is 2. The van der Waals surface area contributed by atoms with Crippen molar-refractivity contribution in [3.05, 3.63) is 59.2 Å². The zero-order chi connectivity index (χ0) is 13.3. The van der Waals surface area contributed by atoms with Gasteiger partial charge in [0.15, 0.2) is 11.6 Å². The van der Waals surface area contributed by atoms with E-state index in [2.05, 4.69) is 0 Å². The first-order valence-corrected chi connectivity index (χ1v) is 5.35. The van der Waals surface area contributed by atoms with Gasteiger partial charge in [0.05, 0.1) is 0 Å². The van der Waals surface area contributed by atoms with Crippen LogP contribution in [0.25, 0.3) is 11.1 Å². The summed E-state index contributed by atoms with van der Waals surface area (Å²) < 4.78 is 27.1. The molecule has 0 fully saturated rings. The van der Waals surface area contributed by atoms with Crippen LogP contribution in [0.3, 0.4) is 0 Å². The van der Waals surface area contributed by atoms with E-state index >= 15 is 0 Å². The lowest BCUT2D eigenvalue weighted by atomic mass is 10.0. The summed E-state index contributed by atoms with van der Waals surface area (Å²) in [5.74, 6) is -2.85. The van der Waals surface area contributed by atoms with Crippen molar-refractivity contribution in [3.8, 4) is 11.1 Å². The zero-order valence-electron chi connectivity index (χ0n) is 9.71. The Labute approximate surface area is 103 Å². The molecule has 0 spiro atoms. The van der Waals surface area contributed by atoms with Crippen molar-refractivity contribution < 1.29 is 13.6 Å². The fraction of sp³-hybridized carbons (Fsp3) is 0.0714. The second-order valence-electron chi connectivity index (χ2n) is 4.05. The van der Waals surface area contributed by atoms with Gasteiger partial charge in [-0.1, -0.05) is 29.8 Å². The van der Waals surface area contributed by atoms with E-state index in [9.17, 15) is 13.6 Å². The first-order chi connectivity index (χ1) is 8.49. The van der Waals surface area contributed by atoms with E-state index in [1.807, 2.05) is 6.92 Å². The Kier molecular flexibility index (Phi) is 3.10. The summed E-state index contributed by atoms with van der Waals surface area (Å²) in [6.07, 6.45) is 0. The molecule has 0 saturated heterocycles. The van der Waals surface area contributed by atoms with Gasteiger partial charge in [-0.25, -0.2) is 8.78 Å². The van der Waals surface area contributed by atoms with Crippen molar-refractivity contribution in [2.24, 2.45) is 5.73 Å². The molecule has 0 bridgehead atoms. The molecule has 2 rings (SSSR count). The number of hydrogen-bond donors (Lipinski definition) is 1. The molecule has 2 aromatic rings. The topological polar surface area (TPSA) is 43.1 Å². The molecule has 0 aliphatic heterocycles. The van der Waals surface area contributed by atoms with Crippen molar-refractivity contribution in [2.75, 3.05) is 0 Å². The van der Waals surface area contributed by atoms with E-state index in [0.717, 1.165) is 11.6 Å². The SMILES string of the molecule is Cc1ccc(-c2cc(C(N)=O)cc(F)c2F)cc1. The Morgan fingerprint density at radius 1 is 1.11 bits per heavy atom. The molecule has 0 atom stereocenters. The minimum absolute atomic E-state index is 0.0313. The number of carbonyl (C=O) groups excluding carboxylic acids is 1. The molecule has 2 nitrogen and oxygen atoms in total. The van der Waals surface area contributed by atoms with Crippen LogP contribution in [0.15, 0.2) is 36.4 Å². The number of benzene rings is 2. The Bertz CT molecular complexity index is 606. The second-order valence-corrected chi connectivity index (χ2v) is 4.05. The van der Waals surface area contributed by atoms with Crippen LogP contribution < -0.4 is 5.73 Å². The van der Waals surface area contributed by atoms with Crippen molar-refractivity contribution in [3.63, 3.8) is 0 Å². The molecular weight excluding hydrogens is 236 g/mol. The number of primary amides is 1. The van der Waals surface area contributed by atoms with Gasteiger partial charge in [0, 0.05) is 11.1 Å². The monoisotopic (exact) mass is 247 g/mol. The molecule has 2 aromatic carbocycles. The van der Waals surface area contributed by atoms with E-state index in [1.54, 1.807) is 24.3 Å². The Morgan fingerprint density at radius 3 is 2.28 bits per heavy atom. The summed E-state index contributed by atoms with van der Waals surface area (Å²) in [6.45, 7) is 1.89. The van der Waals surface area contributed by atoms with Gasteiger partial charge >= 0.3 is 0 Å². The van der Waals surface area contributed by atoms with Gasteiger partial charge in [-0.3, -0.25) is 4.79 Å². The van der Waals surface area contributed by atoms with Crippen LogP contribution in [-0.4, -0.2) is 5.91 Å². The van der Waals surface area contributed by atoms with Gasteiger partial charge in [-0.15, -0.1) is 0 Å². The second kappa shape index (κ2) is 4.56. The van der Waals surface area contributed by atoms with Crippen molar-refractivity contribution in [1.82, 2.24) is 0 Å². The van der Waals surface area contributed by atoms with Crippen LogP contribution in [-0.2, 0) is 0 Å². The minimum Gasteiger partial charge on any atom is -0.366 e. The van der Waals surface area contributed by atoms with Crippen LogP contribution in [0.1, 0.15) is 15.9 Å². The predicted molar refractivity (Wildman–Crippen MR) is 65.0 cm³/mol. The Morgan fingerprint density at radius 2 is 1.72 bits per heavy atom. The number of carbonyl (C=O) groups is 1. The number of halogens is 2. The molecule has 0 heterocycles. The molecule has 2 N–H and O–H groups in total. The molecule has 0 aromatic heterocycles. The zero-order valence-corrected chi connectivity index (χ0v) is 9.71. The minimum atomic E-state index is -1.08. The number of aryl methyl sites for hydroxylation is 1. The lowest BCUT2D eigenvalue weighted by molar-refractivity contribution is 0.1000. The van der Waals surface area contributed by atoms with E-state index in [-0.39, 0.29) is 11.1 Å².